The summed E-state index contributed by atoms with van der Waals surface area (Å²) in [5.41, 5.74) is 0.521. The van der Waals surface area contributed by atoms with Gasteiger partial charge in [-0.15, -0.1) is 0 Å². The van der Waals surface area contributed by atoms with Gasteiger partial charge >= 0.3 is 0 Å². The highest BCUT2D eigenvalue weighted by atomic mass is 35.5. The van der Waals surface area contributed by atoms with Gasteiger partial charge in [0.15, 0.2) is 0 Å². The number of carbonyl (C=O) groups excluding carboxylic acids is 1. The molecule has 2 rings (SSSR count). The van der Waals surface area contributed by atoms with Gasteiger partial charge in [-0.3, -0.25) is 9.52 Å². The molecule has 0 aliphatic rings. The molecule has 0 unspecified atom stereocenters. The number of pyridine rings is 1. The zero-order chi connectivity index (χ0) is 17.2. The minimum absolute atomic E-state index is 0.0357. The number of benzene rings is 1. The van der Waals surface area contributed by atoms with Crippen molar-refractivity contribution >= 4 is 44.8 Å². The fraction of sp³-hybridized carbons (Fsp3) is 0.143. The Morgan fingerprint density at radius 2 is 1.87 bits per heavy atom. The number of hydrogen-bond acceptors (Lipinski definition) is 4. The van der Waals surface area contributed by atoms with Crippen molar-refractivity contribution in [2.24, 2.45) is 0 Å². The molecule has 1 heterocycles. The minimum atomic E-state index is -3.82. The molecule has 0 fully saturated rings. The van der Waals surface area contributed by atoms with Crippen LogP contribution in [0.3, 0.4) is 0 Å². The third-order valence-electron chi connectivity index (χ3n) is 2.87. The van der Waals surface area contributed by atoms with Gasteiger partial charge in [-0.1, -0.05) is 23.2 Å². The molecule has 0 saturated heterocycles. The van der Waals surface area contributed by atoms with Crippen LogP contribution >= 0.6 is 23.2 Å². The Hall–Kier alpha value is -1.83. The molecule has 122 valence electrons. The lowest BCUT2D eigenvalue weighted by atomic mass is 10.2. The largest absolute Gasteiger partial charge is 0.345 e. The average Bonchev–Trinajstić information content (AvgIpc) is 2.46. The summed E-state index contributed by atoms with van der Waals surface area (Å²) >= 11 is 11.7. The Bertz CT molecular complexity index is 837. The fourth-order valence-electron chi connectivity index (χ4n) is 1.73. The number of hydrogen-bond donors (Lipinski definition) is 1. The summed E-state index contributed by atoms with van der Waals surface area (Å²) in [6.07, 6.45) is 1.15. The maximum absolute atomic E-state index is 12.2. The summed E-state index contributed by atoms with van der Waals surface area (Å²) in [5.74, 6) is -0.272. The quantitative estimate of drug-likeness (QED) is 0.835. The summed E-state index contributed by atoms with van der Waals surface area (Å²) in [4.78, 5) is 17.0. The molecule has 1 aromatic carbocycles. The van der Waals surface area contributed by atoms with E-state index in [4.69, 9.17) is 23.2 Å². The number of halogens is 2. The van der Waals surface area contributed by atoms with Crippen molar-refractivity contribution in [2.45, 2.75) is 4.90 Å². The average molecular weight is 374 g/mol. The zero-order valence-electron chi connectivity index (χ0n) is 12.2. The molecule has 0 saturated carbocycles. The van der Waals surface area contributed by atoms with Crippen molar-refractivity contribution in [1.29, 1.82) is 0 Å². The molecule has 23 heavy (non-hydrogen) atoms. The van der Waals surface area contributed by atoms with E-state index >= 15 is 0 Å². The van der Waals surface area contributed by atoms with E-state index in [0.29, 0.717) is 0 Å². The smallest absolute Gasteiger partial charge is 0.263 e. The highest BCUT2D eigenvalue weighted by Crippen LogP contribution is 2.24. The number of sulfonamides is 1. The monoisotopic (exact) mass is 373 g/mol. The predicted molar refractivity (Wildman–Crippen MR) is 89.5 cm³/mol. The summed E-state index contributed by atoms with van der Waals surface area (Å²) in [6, 6.07) is 7.01. The molecular formula is C14H13Cl2N3O3S. The van der Waals surface area contributed by atoms with Crippen LogP contribution in [-0.2, 0) is 10.0 Å². The number of nitrogens with one attached hydrogen (secondary N) is 1. The first kappa shape index (κ1) is 17.5. The Balaban J connectivity index is 2.28. The Morgan fingerprint density at radius 3 is 2.39 bits per heavy atom. The Morgan fingerprint density at radius 1 is 1.17 bits per heavy atom. The normalized spacial score (nSPS) is 11.1. The van der Waals surface area contributed by atoms with Gasteiger partial charge in [-0.05, 0) is 30.3 Å². The molecule has 0 spiro atoms. The molecule has 0 bridgehead atoms. The lowest BCUT2D eigenvalue weighted by Gasteiger charge is -2.13. The van der Waals surface area contributed by atoms with E-state index in [9.17, 15) is 13.2 Å². The second-order valence-corrected chi connectivity index (χ2v) is 7.29. The van der Waals surface area contributed by atoms with Crippen molar-refractivity contribution in [3.05, 3.63) is 52.3 Å². The van der Waals surface area contributed by atoms with Crippen LogP contribution in [0.1, 0.15) is 10.4 Å². The third kappa shape index (κ3) is 4.13. The molecule has 1 aromatic heterocycles. The van der Waals surface area contributed by atoms with Crippen LogP contribution in [0.15, 0.2) is 41.4 Å². The molecule has 1 amide bonds. The van der Waals surface area contributed by atoms with Crippen molar-refractivity contribution < 1.29 is 13.2 Å². The predicted octanol–water partition coefficient (Wildman–Crippen LogP) is 2.89. The lowest BCUT2D eigenvalue weighted by molar-refractivity contribution is 0.0828. The molecule has 0 radical (unpaired) electrons. The first-order valence-corrected chi connectivity index (χ1v) is 8.60. The number of aromatic nitrogens is 1. The van der Waals surface area contributed by atoms with Gasteiger partial charge in [-0.25, -0.2) is 13.4 Å². The summed E-state index contributed by atoms with van der Waals surface area (Å²) in [5, 5.41) is 0.344. The first-order valence-electron chi connectivity index (χ1n) is 6.36. The second kappa shape index (κ2) is 6.74. The summed E-state index contributed by atoms with van der Waals surface area (Å²) in [6.45, 7) is 0. The Kier molecular flexibility index (Phi) is 5.13. The zero-order valence-corrected chi connectivity index (χ0v) is 14.6. The number of nitrogens with zero attached hydrogens (tertiary/aromatic N) is 2. The maximum atomic E-state index is 12.2. The van der Waals surface area contributed by atoms with Crippen LogP contribution in [0.2, 0.25) is 10.2 Å². The molecule has 2 aromatic rings. The van der Waals surface area contributed by atoms with Crippen molar-refractivity contribution in [2.75, 3.05) is 18.8 Å². The first-order chi connectivity index (χ1) is 10.7. The number of amides is 1. The van der Waals surface area contributed by atoms with E-state index in [1.165, 1.54) is 35.2 Å². The van der Waals surface area contributed by atoms with Gasteiger partial charge in [0.05, 0.1) is 16.3 Å². The van der Waals surface area contributed by atoms with Crippen molar-refractivity contribution in [3.8, 4) is 0 Å². The van der Waals surface area contributed by atoms with E-state index in [-0.39, 0.29) is 32.2 Å². The van der Waals surface area contributed by atoms with E-state index in [1.54, 1.807) is 14.1 Å². The molecule has 6 nitrogen and oxygen atoms in total. The van der Waals surface area contributed by atoms with Crippen molar-refractivity contribution in [1.82, 2.24) is 9.88 Å². The SMILES string of the molecule is CN(C)C(=O)c1ccc(NS(=O)(=O)c2ccc(Cl)nc2)cc1Cl. The van der Waals surface area contributed by atoms with Crippen LogP contribution in [0, 0.1) is 0 Å². The molecule has 0 aliphatic carbocycles. The molecule has 0 aliphatic heterocycles. The van der Waals surface area contributed by atoms with E-state index in [1.807, 2.05) is 0 Å². The van der Waals surface area contributed by atoms with E-state index in [2.05, 4.69) is 9.71 Å². The molecule has 0 atom stereocenters. The minimum Gasteiger partial charge on any atom is -0.345 e. The van der Waals surface area contributed by atoms with Gasteiger partial charge in [-0.2, -0.15) is 0 Å². The highest BCUT2D eigenvalue weighted by molar-refractivity contribution is 7.92. The van der Waals surface area contributed by atoms with Gasteiger partial charge in [0.2, 0.25) is 0 Å². The lowest BCUT2D eigenvalue weighted by Crippen LogP contribution is -2.22. The van der Waals surface area contributed by atoms with Gasteiger partial charge in [0, 0.05) is 20.3 Å². The Labute approximate surface area is 144 Å². The number of anilines is 1. The van der Waals surface area contributed by atoms with Crippen LogP contribution in [-0.4, -0.2) is 38.3 Å². The topological polar surface area (TPSA) is 79.4 Å². The van der Waals surface area contributed by atoms with Gasteiger partial charge < -0.3 is 4.90 Å². The molecule has 1 N–H and O–H groups in total. The standard InChI is InChI=1S/C14H13Cl2N3O3S/c1-19(2)14(20)11-5-3-9(7-12(11)15)18-23(21,22)10-4-6-13(16)17-8-10/h3-8,18H,1-2H3. The van der Waals surface area contributed by atoms with Crippen LogP contribution < -0.4 is 4.72 Å². The summed E-state index contributed by atoms with van der Waals surface area (Å²) < 4.78 is 26.8. The summed E-state index contributed by atoms with van der Waals surface area (Å²) in [7, 11) is -0.621. The highest BCUT2D eigenvalue weighted by Gasteiger charge is 2.17. The van der Waals surface area contributed by atoms with E-state index < -0.39 is 10.0 Å². The number of carbonyl (C=O) groups is 1. The van der Waals surface area contributed by atoms with Crippen molar-refractivity contribution in [3.63, 3.8) is 0 Å². The van der Waals surface area contributed by atoms with Gasteiger partial charge in [0.25, 0.3) is 15.9 Å². The molecule has 9 heteroatoms. The third-order valence-corrected chi connectivity index (χ3v) is 4.77. The van der Waals surface area contributed by atoms with Crippen LogP contribution in [0.25, 0.3) is 0 Å². The van der Waals surface area contributed by atoms with Crippen LogP contribution in [0.5, 0.6) is 0 Å². The van der Waals surface area contributed by atoms with Crippen LogP contribution in [0.4, 0.5) is 5.69 Å². The molecular weight excluding hydrogens is 361 g/mol. The maximum Gasteiger partial charge on any atom is 0.263 e. The van der Waals surface area contributed by atoms with Gasteiger partial charge in [0.1, 0.15) is 10.0 Å². The fourth-order valence-corrected chi connectivity index (χ4v) is 3.10. The second-order valence-electron chi connectivity index (χ2n) is 4.82. The van der Waals surface area contributed by atoms with E-state index in [0.717, 1.165) is 6.20 Å². The number of rotatable bonds is 4.